The highest BCUT2D eigenvalue weighted by Gasteiger charge is 2.35. The van der Waals surface area contributed by atoms with Crippen molar-refractivity contribution in [1.82, 2.24) is 14.8 Å². The average molecular weight is 377 g/mol. The summed E-state index contributed by atoms with van der Waals surface area (Å²) in [4.78, 5) is 28.9. The minimum absolute atomic E-state index is 0.137. The van der Waals surface area contributed by atoms with Gasteiger partial charge in [0, 0.05) is 18.9 Å². The molecular formula is C19H19N7O2. The Morgan fingerprint density at radius 2 is 2.00 bits per heavy atom. The van der Waals surface area contributed by atoms with Crippen LogP contribution < -0.4 is 16.1 Å². The molecule has 0 bridgehead atoms. The number of carbonyl (C=O) groups excluding carboxylic acids is 2. The van der Waals surface area contributed by atoms with E-state index in [0.717, 1.165) is 16.7 Å². The standard InChI is InChI=1S/C19H19N7O2/c1-11-14-8-12(10-21-18(14)25(2)23-11)22-19(28)15-9-16(17(20)27)26(24-15)13-6-4-3-5-7-13/h3-8,10,16H,9H2,1-2H3,(H2,20,27)(H,22,28). The Morgan fingerprint density at radius 3 is 2.71 bits per heavy atom. The number of nitrogens with one attached hydrogen (secondary N) is 1. The first-order valence-corrected chi connectivity index (χ1v) is 8.76. The SMILES string of the molecule is Cc1nn(C)c2ncc(NC(=O)C3=NN(c4ccccc4)C(C(N)=O)C3)cc12. The van der Waals surface area contributed by atoms with Crippen LogP contribution in [0.15, 0.2) is 47.7 Å². The van der Waals surface area contributed by atoms with Gasteiger partial charge in [0.25, 0.3) is 5.91 Å². The van der Waals surface area contributed by atoms with Crippen molar-refractivity contribution in [1.29, 1.82) is 0 Å². The third-order valence-corrected chi connectivity index (χ3v) is 4.64. The number of para-hydroxylation sites is 1. The lowest BCUT2D eigenvalue weighted by molar-refractivity contribution is -0.119. The van der Waals surface area contributed by atoms with Crippen LogP contribution in [-0.4, -0.2) is 38.3 Å². The van der Waals surface area contributed by atoms with Gasteiger partial charge < -0.3 is 11.1 Å². The fraction of sp³-hybridized carbons (Fsp3) is 0.211. The van der Waals surface area contributed by atoms with Gasteiger partial charge >= 0.3 is 0 Å². The molecular weight excluding hydrogens is 358 g/mol. The molecule has 1 atom stereocenters. The van der Waals surface area contributed by atoms with E-state index in [2.05, 4.69) is 20.5 Å². The number of benzene rings is 1. The van der Waals surface area contributed by atoms with Gasteiger partial charge in [-0.15, -0.1) is 0 Å². The van der Waals surface area contributed by atoms with E-state index in [9.17, 15) is 9.59 Å². The number of hydrazone groups is 1. The average Bonchev–Trinajstić information content (AvgIpc) is 3.25. The Morgan fingerprint density at radius 1 is 1.25 bits per heavy atom. The molecule has 0 spiro atoms. The fourth-order valence-electron chi connectivity index (χ4n) is 3.27. The largest absolute Gasteiger partial charge is 0.368 e. The summed E-state index contributed by atoms with van der Waals surface area (Å²) in [5.74, 6) is -0.933. The van der Waals surface area contributed by atoms with E-state index in [-0.39, 0.29) is 12.1 Å². The van der Waals surface area contributed by atoms with Crippen molar-refractivity contribution < 1.29 is 9.59 Å². The first-order valence-electron chi connectivity index (χ1n) is 8.76. The van der Waals surface area contributed by atoms with Crippen molar-refractivity contribution in [3.05, 3.63) is 48.3 Å². The summed E-state index contributed by atoms with van der Waals surface area (Å²) in [5, 5.41) is 13.8. The highest BCUT2D eigenvalue weighted by Crippen LogP contribution is 2.25. The van der Waals surface area contributed by atoms with Crippen LogP contribution in [0.4, 0.5) is 11.4 Å². The maximum Gasteiger partial charge on any atom is 0.272 e. The molecule has 3 heterocycles. The second kappa shape index (κ2) is 6.76. The number of nitrogens with two attached hydrogens (primary N) is 1. The van der Waals surface area contributed by atoms with E-state index < -0.39 is 17.9 Å². The third-order valence-electron chi connectivity index (χ3n) is 4.64. The minimum Gasteiger partial charge on any atom is -0.368 e. The molecule has 4 rings (SSSR count). The van der Waals surface area contributed by atoms with Crippen molar-refractivity contribution in [3.63, 3.8) is 0 Å². The van der Waals surface area contributed by atoms with Crippen LogP contribution >= 0.6 is 0 Å². The molecule has 9 heteroatoms. The number of rotatable bonds is 4. The molecule has 1 unspecified atom stereocenters. The topological polar surface area (TPSA) is 118 Å². The summed E-state index contributed by atoms with van der Waals surface area (Å²) in [7, 11) is 1.82. The van der Waals surface area contributed by atoms with Gasteiger partial charge in [-0.2, -0.15) is 10.2 Å². The van der Waals surface area contributed by atoms with Crippen LogP contribution in [0, 0.1) is 6.92 Å². The number of aryl methyl sites for hydroxylation is 2. The maximum absolute atomic E-state index is 12.7. The summed E-state index contributed by atoms with van der Waals surface area (Å²) in [6.07, 6.45) is 1.70. The van der Waals surface area contributed by atoms with Gasteiger partial charge in [0.2, 0.25) is 5.91 Å². The highest BCUT2D eigenvalue weighted by atomic mass is 16.2. The van der Waals surface area contributed by atoms with Gasteiger partial charge in [0.15, 0.2) is 5.65 Å². The van der Waals surface area contributed by atoms with Gasteiger partial charge in [-0.25, -0.2) is 4.98 Å². The molecule has 1 aliphatic heterocycles. The molecule has 2 aromatic heterocycles. The Hall–Kier alpha value is -3.75. The predicted octanol–water partition coefficient (Wildman–Crippen LogP) is 1.34. The molecule has 0 saturated carbocycles. The van der Waals surface area contributed by atoms with Crippen molar-refractivity contribution >= 4 is 39.9 Å². The number of aromatic nitrogens is 3. The fourth-order valence-corrected chi connectivity index (χ4v) is 3.27. The van der Waals surface area contributed by atoms with E-state index in [0.29, 0.717) is 11.4 Å². The summed E-state index contributed by atoms with van der Waals surface area (Å²) in [6, 6.07) is 10.3. The number of hydrogen-bond acceptors (Lipinski definition) is 6. The lowest BCUT2D eigenvalue weighted by atomic mass is 10.1. The summed E-state index contributed by atoms with van der Waals surface area (Å²) >= 11 is 0. The molecule has 142 valence electrons. The Labute approximate surface area is 160 Å². The number of amides is 2. The molecule has 1 aromatic carbocycles. The summed E-state index contributed by atoms with van der Waals surface area (Å²) in [5.41, 5.74) is 8.54. The minimum atomic E-state index is -0.704. The summed E-state index contributed by atoms with van der Waals surface area (Å²) in [6.45, 7) is 1.88. The molecule has 9 nitrogen and oxygen atoms in total. The zero-order chi connectivity index (χ0) is 19.8. The number of fused-ring (bicyclic) bond motifs is 1. The first-order chi connectivity index (χ1) is 13.4. The highest BCUT2D eigenvalue weighted by molar-refractivity contribution is 6.44. The number of anilines is 2. The second-order valence-corrected chi connectivity index (χ2v) is 6.61. The molecule has 3 aromatic rings. The molecule has 3 N–H and O–H groups in total. The van der Waals surface area contributed by atoms with E-state index >= 15 is 0 Å². The van der Waals surface area contributed by atoms with Crippen molar-refractivity contribution in [3.8, 4) is 0 Å². The lowest BCUT2D eigenvalue weighted by Crippen LogP contribution is -2.39. The molecule has 0 fully saturated rings. The smallest absolute Gasteiger partial charge is 0.272 e. The van der Waals surface area contributed by atoms with Gasteiger partial charge in [-0.3, -0.25) is 19.3 Å². The van der Waals surface area contributed by atoms with Gasteiger partial charge in [0.05, 0.1) is 23.3 Å². The zero-order valence-corrected chi connectivity index (χ0v) is 15.5. The van der Waals surface area contributed by atoms with Crippen LogP contribution in [0.2, 0.25) is 0 Å². The van der Waals surface area contributed by atoms with Gasteiger partial charge in [-0.05, 0) is 25.1 Å². The molecule has 0 saturated heterocycles. The van der Waals surface area contributed by atoms with Crippen LogP contribution in [0.3, 0.4) is 0 Å². The van der Waals surface area contributed by atoms with Gasteiger partial charge in [0.1, 0.15) is 11.8 Å². The van der Waals surface area contributed by atoms with E-state index in [1.807, 2.05) is 50.4 Å². The lowest BCUT2D eigenvalue weighted by Gasteiger charge is -2.20. The van der Waals surface area contributed by atoms with E-state index in [4.69, 9.17) is 5.73 Å². The molecule has 1 aliphatic rings. The first kappa shape index (κ1) is 17.7. The predicted molar refractivity (Wildman–Crippen MR) is 106 cm³/mol. The third kappa shape index (κ3) is 3.07. The Kier molecular flexibility index (Phi) is 4.26. The normalized spacial score (nSPS) is 16.3. The second-order valence-electron chi connectivity index (χ2n) is 6.61. The number of nitrogens with zero attached hydrogens (tertiary/aromatic N) is 5. The zero-order valence-electron chi connectivity index (χ0n) is 15.5. The number of carbonyl (C=O) groups is 2. The van der Waals surface area contributed by atoms with Crippen LogP contribution in [0.5, 0.6) is 0 Å². The summed E-state index contributed by atoms with van der Waals surface area (Å²) < 4.78 is 1.69. The van der Waals surface area contributed by atoms with Crippen LogP contribution in [0.1, 0.15) is 12.1 Å². The Bertz CT molecular complexity index is 1100. The van der Waals surface area contributed by atoms with Crippen LogP contribution in [0.25, 0.3) is 11.0 Å². The molecule has 2 amide bonds. The molecule has 0 radical (unpaired) electrons. The number of hydrogen-bond donors (Lipinski definition) is 2. The number of pyridine rings is 1. The van der Waals surface area contributed by atoms with Crippen LogP contribution in [-0.2, 0) is 16.6 Å². The van der Waals surface area contributed by atoms with Crippen molar-refractivity contribution in [2.24, 2.45) is 17.9 Å². The number of primary amides is 1. The van der Waals surface area contributed by atoms with E-state index in [1.54, 1.807) is 10.9 Å². The van der Waals surface area contributed by atoms with Crippen molar-refractivity contribution in [2.45, 2.75) is 19.4 Å². The monoisotopic (exact) mass is 377 g/mol. The quantitative estimate of drug-likeness (QED) is 0.711. The molecule has 0 aliphatic carbocycles. The Balaban J connectivity index is 1.59. The van der Waals surface area contributed by atoms with E-state index in [1.165, 1.54) is 5.01 Å². The molecule has 28 heavy (non-hydrogen) atoms. The van der Waals surface area contributed by atoms with Gasteiger partial charge in [-0.1, -0.05) is 18.2 Å². The van der Waals surface area contributed by atoms with Crippen molar-refractivity contribution in [2.75, 3.05) is 10.3 Å². The maximum atomic E-state index is 12.7.